The Labute approximate surface area is 240 Å². The number of aromatic hydroxyl groups is 1. The number of fused-ring (bicyclic) bond motifs is 1. The Morgan fingerprint density at radius 3 is 2.08 bits per heavy atom. The van der Waals surface area contributed by atoms with Crippen molar-refractivity contribution in [1.29, 1.82) is 0 Å². The molecule has 0 fully saturated rings. The molecule has 210 valence electrons. The number of halogens is 1. The molecule has 0 aliphatic rings. The van der Waals surface area contributed by atoms with Gasteiger partial charge in [0.2, 0.25) is 0 Å². The van der Waals surface area contributed by atoms with Gasteiger partial charge in [-0.25, -0.2) is 9.78 Å². The number of esters is 1. The number of aromatic nitrogens is 1. The van der Waals surface area contributed by atoms with Crippen LogP contribution in [0.3, 0.4) is 0 Å². The maximum Gasteiger partial charge on any atom is 0.359 e. The number of carbonyl (C=O) groups excluding carboxylic acids is 1. The van der Waals surface area contributed by atoms with E-state index in [9.17, 15) is 14.7 Å². The molecule has 1 heterocycles. The van der Waals surface area contributed by atoms with Crippen molar-refractivity contribution in [3.8, 4) is 5.75 Å². The molecule has 4 rings (SSSR count). The molecule has 0 radical (unpaired) electrons. The van der Waals surface area contributed by atoms with Gasteiger partial charge in [0.15, 0.2) is 5.58 Å². The summed E-state index contributed by atoms with van der Waals surface area (Å²) in [6.45, 7) is 14.0. The van der Waals surface area contributed by atoms with Gasteiger partial charge in [0.25, 0.3) is 0 Å². The lowest BCUT2D eigenvalue weighted by molar-refractivity contribution is -0.145. The normalized spacial score (nSPS) is 13.7. The summed E-state index contributed by atoms with van der Waals surface area (Å²) in [6.07, 6.45) is 0. The molecule has 0 amide bonds. The van der Waals surface area contributed by atoms with E-state index >= 15 is 0 Å². The van der Waals surface area contributed by atoms with Gasteiger partial charge in [0.05, 0.1) is 6.61 Å². The number of rotatable bonds is 6. The van der Waals surface area contributed by atoms with E-state index in [1.807, 2.05) is 65.8 Å². The molecular weight excluding hydrogens is 526 g/mol. The summed E-state index contributed by atoms with van der Waals surface area (Å²) in [5, 5.41) is 11.9. The second-order valence-electron chi connectivity index (χ2n) is 12.1. The molecule has 4 aromatic rings. The van der Waals surface area contributed by atoms with Gasteiger partial charge in [-0.1, -0.05) is 89.5 Å². The van der Waals surface area contributed by atoms with Crippen LogP contribution in [0.5, 0.6) is 5.75 Å². The smallest absolute Gasteiger partial charge is 0.359 e. The molecule has 0 spiro atoms. The lowest BCUT2D eigenvalue weighted by Gasteiger charge is -2.32. The second-order valence-corrected chi connectivity index (χ2v) is 12.5. The first-order chi connectivity index (χ1) is 18.7. The highest BCUT2D eigenvalue weighted by Crippen LogP contribution is 2.45. The van der Waals surface area contributed by atoms with Gasteiger partial charge < -0.3 is 14.3 Å². The fourth-order valence-electron chi connectivity index (χ4n) is 5.02. The van der Waals surface area contributed by atoms with Crippen LogP contribution >= 0.6 is 11.6 Å². The standard InChI is InChI=1S/C33H36ClNO5/c1-8-39-30(37)27(28-31(38)40-25-12-10-9-11-24(25)35-28)26(19-13-15-21(34)16-14-19)20-17-22(32(2,3)4)29(36)23(18-20)33(5,6)7/h9-18,26-27,36H,8H2,1-7H3. The van der Waals surface area contributed by atoms with E-state index in [1.54, 1.807) is 43.3 Å². The van der Waals surface area contributed by atoms with Crippen LogP contribution in [0.1, 0.15) is 88.2 Å². The quantitative estimate of drug-likeness (QED) is 0.243. The fourth-order valence-corrected chi connectivity index (χ4v) is 5.15. The minimum Gasteiger partial charge on any atom is -0.507 e. The zero-order valence-electron chi connectivity index (χ0n) is 24.0. The summed E-state index contributed by atoms with van der Waals surface area (Å²) in [5.41, 5.74) is 2.15. The van der Waals surface area contributed by atoms with Crippen LogP contribution in [0.2, 0.25) is 5.02 Å². The monoisotopic (exact) mass is 561 g/mol. The lowest BCUT2D eigenvalue weighted by Crippen LogP contribution is -2.30. The van der Waals surface area contributed by atoms with Crippen molar-refractivity contribution in [2.45, 2.75) is 71.1 Å². The molecular formula is C33H36ClNO5. The Morgan fingerprint density at radius 1 is 0.950 bits per heavy atom. The molecule has 1 aromatic heterocycles. The molecule has 2 unspecified atom stereocenters. The first kappa shape index (κ1) is 29.3. The van der Waals surface area contributed by atoms with E-state index in [0.29, 0.717) is 16.1 Å². The Morgan fingerprint density at radius 2 is 1.52 bits per heavy atom. The molecule has 3 aromatic carbocycles. The van der Waals surface area contributed by atoms with Gasteiger partial charge in [-0.05, 0) is 64.3 Å². The van der Waals surface area contributed by atoms with E-state index < -0.39 is 34.3 Å². The van der Waals surface area contributed by atoms with E-state index in [0.717, 1.165) is 22.3 Å². The molecule has 40 heavy (non-hydrogen) atoms. The number of hydrogen-bond acceptors (Lipinski definition) is 6. The predicted octanol–water partition coefficient (Wildman–Crippen LogP) is 7.62. The third kappa shape index (κ3) is 5.92. The van der Waals surface area contributed by atoms with E-state index in [2.05, 4.69) is 4.98 Å². The molecule has 0 bridgehead atoms. The number of phenols is 1. The third-order valence-electron chi connectivity index (χ3n) is 7.02. The average Bonchev–Trinajstić information content (AvgIpc) is 2.87. The fraction of sp³-hybridized carbons (Fsp3) is 0.364. The summed E-state index contributed by atoms with van der Waals surface area (Å²) in [4.78, 5) is 31.9. The summed E-state index contributed by atoms with van der Waals surface area (Å²) >= 11 is 6.25. The average molecular weight is 562 g/mol. The number of hydrogen-bond donors (Lipinski definition) is 1. The molecule has 0 aliphatic carbocycles. The van der Waals surface area contributed by atoms with E-state index in [1.165, 1.54) is 0 Å². The molecule has 0 aliphatic heterocycles. The van der Waals surface area contributed by atoms with Crippen LogP contribution in [-0.2, 0) is 20.4 Å². The highest BCUT2D eigenvalue weighted by Gasteiger charge is 2.39. The summed E-state index contributed by atoms with van der Waals surface area (Å²) < 4.78 is 11.2. The van der Waals surface area contributed by atoms with Crippen molar-refractivity contribution < 1.29 is 19.1 Å². The number of para-hydroxylation sites is 2. The maximum absolute atomic E-state index is 13.8. The number of ether oxygens (including phenoxy) is 1. The summed E-state index contributed by atoms with van der Waals surface area (Å²) in [7, 11) is 0. The molecule has 2 atom stereocenters. The predicted molar refractivity (Wildman–Crippen MR) is 158 cm³/mol. The van der Waals surface area contributed by atoms with Crippen LogP contribution in [0.15, 0.2) is 69.9 Å². The first-order valence-corrected chi connectivity index (χ1v) is 13.8. The third-order valence-corrected chi connectivity index (χ3v) is 7.27. The molecule has 7 heteroatoms. The van der Waals surface area contributed by atoms with Crippen molar-refractivity contribution in [2.24, 2.45) is 0 Å². The van der Waals surface area contributed by atoms with Crippen molar-refractivity contribution in [3.05, 3.63) is 104 Å². The topological polar surface area (TPSA) is 89.6 Å². The van der Waals surface area contributed by atoms with Crippen molar-refractivity contribution in [1.82, 2.24) is 4.98 Å². The van der Waals surface area contributed by atoms with Crippen LogP contribution in [0.25, 0.3) is 11.1 Å². The van der Waals surface area contributed by atoms with Gasteiger partial charge in [-0.3, -0.25) is 4.79 Å². The Kier molecular flexibility index (Phi) is 8.13. The lowest BCUT2D eigenvalue weighted by atomic mass is 9.73. The summed E-state index contributed by atoms with van der Waals surface area (Å²) in [6, 6.07) is 17.9. The zero-order chi connectivity index (χ0) is 29.4. The van der Waals surface area contributed by atoms with Crippen molar-refractivity contribution in [2.75, 3.05) is 6.61 Å². The number of nitrogens with zero attached hydrogens (tertiary/aromatic N) is 1. The van der Waals surface area contributed by atoms with Gasteiger partial charge in [0, 0.05) is 10.9 Å². The van der Waals surface area contributed by atoms with Gasteiger partial charge in [-0.15, -0.1) is 0 Å². The van der Waals surface area contributed by atoms with E-state index in [-0.39, 0.29) is 18.1 Å². The summed E-state index contributed by atoms with van der Waals surface area (Å²) in [5.74, 6) is -2.21. The molecule has 6 nitrogen and oxygen atoms in total. The number of phenolic OH excluding ortho intramolecular Hbond substituents is 1. The Balaban J connectivity index is 2.11. The van der Waals surface area contributed by atoms with Gasteiger partial charge >= 0.3 is 11.6 Å². The Hall–Kier alpha value is -3.64. The van der Waals surface area contributed by atoms with Gasteiger partial charge in [-0.2, -0.15) is 0 Å². The SMILES string of the molecule is CCOC(=O)C(c1nc2ccccc2oc1=O)C(c1ccc(Cl)cc1)c1cc(C(C)(C)C)c(O)c(C(C)(C)C)c1. The molecule has 0 saturated heterocycles. The van der Waals surface area contributed by atoms with Crippen LogP contribution < -0.4 is 5.63 Å². The van der Waals surface area contributed by atoms with Crippen molar-refractivity contribution in [3.63, 3.8) is 0 Å². The second kappa shape index (κ2) is 11.1. The first-order valence-electron chi connectivity index (χ1n) is 13.4. The van der Waals surface area contributed by atoms with Crippen LogP contribution in [0.4, 0.5) is 0 Å². The minimum atomic E-state index is -1.13. The van der Waals surface area contributed by atoms with Crippen LogP contribution in [-0.4, -0.2) is 22.7 Å². The number of benzene rings is 3. The highest BCUT2D eigenvalue weighted by molar-refractivity contribution is 6.30. The maximum atomic E-state index is 13.8. The van der Waals surface area contributed by atoms with E-state index in [4.69, 9.17) is 20.8 Å². The molecule has 1 N–H and O–H groups in total. The molecule has 0 saturated carbocycles. The number of carbonyl (C=O) groups is 1. The Bertz CT molecular complexity index is 1560. The van der Waals surface area contributed by atoms with Crippen molar-refractivity contribution >= 4 is 28.7 Å². The van der Waals surface area contributed by atoms with Gasteiger partial charge in [0.1, 0.15) is 22.9 Å². The zero-order valence-corrected chi connectivity index (χ0v) is 24.8. The van der Waals surface area contributed by atoms with Crippen LogP contribution in [0, 0.1) is 0 Å². The highest BCUT2D eigenvalue weighted by atomic mass is 35.5. The largest absolute Gasteiger partial charge is 0.507 e. The minimum absolute atomic E-state index is 0.0419.